The Kier molecular flexibility index (Phi) is 3.46. The minimum atomic E-state index is 0.224. The molecule has 1 aliphatic rings. The van der Waals surface area contributed by atoms with Crippen LogP contribution in [0, 0.1) is 6.92 Å². The van der Waals surface area contributed by atoms with Gasteiger partial charge in [0, 0.05) is 25.9 Å². The molecule has 0 radical (unpaired) electrons. The number of fused-ring (bicyclic) bond motifs is 1. The van der Waals surface area contributed by atoms with E-state index in [0.717, 1.165) is 37.5 Å². The van der Waals surface area contributed by atoms with Crippen LogP contribution in [0.3, 0.4) is 0 Å². The fourth-order valence-corrected chi connectivity index (χ4v) is 2.33. The maximum absolute atomic E-state index is 5.89. The molecule has 0 bridgehead atoms. The van der Waals surface area contributed by atoms with Crippen LogP contribution in [0.1, 0.15) is 17.0 Å². The molecule has 1 unspecified atom stereocenters. The van der Waals surface area contributed by atoms with Gasteiger partial charge in [0.2, 0.25) is 6.39 Å². The van der Waals surface area contributed by atoms with Crippen molar-refractivity contribution in [2.45, 2.75) is 25.9 Å². The number of aryl methyl sites for hydroxylation is 1. The van der Waals surface area contributed by atoms with Crippen LogP contribution in [0.2, 0.25) is 0 Å². The molecule has 5 heteroatoms. The van der Waals surface area contributed by atoms with E-state index in [9.17, 15) is 0 Å². The standard InChI is InChI=1S/C14H17N3O2/c1-10-2-3-13-11(6-10)7-12(19-13)8-15-5-4-14-16-9-18-17-14/h2-3,6,9,12,15H,4-5,7-8H2,1H3. The Bertz CT molecular complexity index is 540. The number of ether oxygens (including phenoxy) is 1. The minimum absolute atomic E-state index is 0.224. The third-order valence-corrected chi connectivity index (χ3v) is 3.26. The molecule has 1 aromatic heterocycles. The second-order valence-corrected chi connectivity index (χ2v) is 4.86. The van der Waals surface area contributed by atoms with Crippen molar-refractivity contribution in [2.24, 2.45) is 0 Å². The Hall–Kier alpha value is -1.88. The van der Waals surface area contributed by atoms with Gasteiger partial charge in [0.25, 0.3) is 0 Å². The van der Waals surface area contributed by atoms with Crippen molar-refractivity contribution in [3.05, 3.63) is 41.5 Å². The Balaban J connectivity index is 1.43. The van der Waals surface area contributed by atoms with E-state index in [0.29, 0.717) is 0 Å². The first-order chi connectivity index (χ1) is 9.31. The fourth-order valence-electron chi connectivity index (χ4n) is 2.33. The van der Waals surface area contributed by atoms with Crippen LogP contribution in [0.15, 0.2) is 29.1 Å². The van der Waals surface area contributed by atoms with Crippen LogP contribution in [0.25, 0.3) is 0 Å². The molecule has 2 aromatic rings. The third-order valence-electron chi connectivity index (χ3n) is 3.26. The average Bonchev–Trinajstić information content (AvgIpc) is 3.02. The normalized spacial score (nSPS) is 17.2. The fraction of sp³-hybridized carbons (Fsp3) is 0.429. The molecule has 5 nitrogen and oxygen atoms in total. The summed E-state index contributed by atoms with van der Waals surface area (Å²) in [6.07, 6.45) is 3.33. The number of nitrogens with zero attached hydrogens (tertiary/aromatic N) is 2. The van der Waals surface area contributed by atoms with E-state index in [2.05, 4.69) is 45.1 Å². The summed E-state index contributed by atoms with van der Waals surface area (Å²) in [7, 11) is 0. The molecule has 100 valence electrons. The highest BCUT2D eigenvalue weighted by atomic mass is 16.5. The maximum Gasteiger partial charge on any atom is 0.213 e. The third kappa shape index (κ3) is 2.93. The molecule has 1 aliphatic heterocycles. The van der Waals surface area contributed by atoms with E-state index in [-0.39, 0.29) is 6.10 Å². The Morgan fingerprint density at radius 3 is 3.21 bits per heavy atom. The summed E-state index contributed by atoms with van der Waals surface area (Å²) in [6, 6.07) is 6.35. The lowest BCUT2D eigenvalue weighted by Gasteiger charge is -2.11. The molecule has 0 saturated carbocycles. The van der Waals surface area contributed by atoms with Crippen LogP contribution >= 0.6 is 0 Å². The number of hydrogen-bond donors (Lipinski definition) is 1. The topological polar surface area (TPSA) is 60.2 Å². The summed E-state index contributed by atoms with van der Waals surface area (Å²) in [5.41, 5.74) is 2.60. The summed E-state index contributed by atoms with van der Waals surface area (Å²) >= 11 is 0. The molecule has 19 heavy (non-hydrogen) atoms. The first-order valence-electron chi connectivity index (χ1n) is 6.53. The lowest BCUT2D eigenvalue weighted by Crippen LogP contribution is -2.31. The number of aromatic nitrogens is 2. The largest absolute Gasteiger partial charge is 0.488 e. The van der Waals surface area contributed by atoms with Gasteiger partial charge in [-0.25, -0.2) is 0 Å². The van der Waals surface area contributed by atoms with E-state index in [1.54, 1.807) is 0 Å². The van der Waals surface area contributed by atoms with Gasteiger partial charge in [-0.3, -0.25) is 0 Å². The lowest BCUT2D eigenvalue weighted by molar-refractivity contribution is 0.228. The van der Waals surface area contributed by atoms with E-state index in [1.807, 2.05) is 0 Å². The molecule has 0 fully saturated rings. The second-order valence-electron chi connectivity index (χ2n) is 4.86. The molecule has 1 aromatic carbocycles. The highest BCUT2D eigenvalue weighted by Gasteiger charge is 2.22. The summed E-state index contributed by atoms with van der Waals surface area (Å²) in [5.74, 6) is 1.76. The van der Waals surface area contributed by atoms with Crippen LogP contribution in [0.4, 0.5) is 0 Å². The molecular weight excluding hydrogens is 242 g/mol. The Morgan fingerprint density at radius 1 is 1.42 bits per heavy atom. The highest BCUT2D eigenvalue weighted by Crippen LogP contribution is 2.29. The first-order valence-corrected chi connectivity index (χ1v) is 6.53. The van der Waals surface area contributed by atoms with Gasteiger partial charge in [0.15, 0.2) is 5.82 Å². The van der Waals surface area contributed by atoms with E-state index in [4.69, 9.17) is 4.74 Å². The van der Waals surface area contributed by atoms with Crippen molar-refractivity contribution in [3.63, 3.8) is 0 Å². The molecule has 3 rings (SSSR count). The number of benzene rings is 1. The van der Waals surface area contributed by atoms with Crippen LogP contribution in [0.5, 0.6) is 5.75 Å². The average molecular weight is 259 g/mol. The van der Waals surface area contributed by atoms with Crippen molar-refractivity contribution < 1.29 is 9.26 Å². The van der Waals surface area contributed by atoms with E-state index < -0.39 is 0 Å². The van der Waals surface area contributed by atoms with Gasteiger partial charge in [-0.15, -0.1) is 0 Å². The van der Waals surface area contributed by atoms with E-state index >= 15 is 0 Å². The zero-order valence-electron chi connectivity index (χ0n) is 10.9. The van der Waals surface area contributed by atoms with Crippen molar-refractivity contribution in [2.75, 3.05) is 13.1 Å². The molecule has 0 aliphatic carbocycles. The Morgan fingerprint density at radius 2 is 2.37 bits per heavy atom. The number of rotatable bonds is 5. The van der Waals surface area contributed by atoms with Gasteiger partial charge in [-0.2, -0.15) is 4.98 Å². The van der Waals surface area contributed by atoms with Gasteiger partial charge in [0.05, 0.1) is 0 Å². The van der Waals surface area contributed by atoms with Crippen LogP contribution < -0.4 is 10.1 Å². The first kappa shape index (κ1) is 12.2. The van der Waals surface area contributed by atoms with Crippen LogP contribution in [-0.2, 0) is 12.8 Å². The summed E-state index contributed by atoms with van der Waals surface area (Å²) in [4.78, 5) is 3.98. The SMILES string of the molecule is Cc1ccc2c(c1)CC(CNCCc1ncon1)O2. The maximum atomic E-state index is 5.89. The van der Waals surface area contributed by atoms with Crippen molar-refractivity contribution in [1.29, 1.82) is 0 Å². The predicted molar refractivity (Wildman–Crippen MR) is 70.2 cm³/mol. The van der Waals surface area contributed by atoms with Gasteiger partial charge >= 0.3 is 0 Å². The molecule has 0 spiro atoms. The summed E-state index contributed by atoms with van der Waals surface area (Å²) in [5, 5.41) is 7.14. The van der Waals surface area contributed by atoms with Gasteiger partial charge < -0.3 is 14.6 Å². The van der Waals surface area contributed by atoms with Crippen molar-refractivity contribution in [3.8, 4) is 5.75 Å². The van der Waals surface area contributed by atoms with Crippen molar-refractivity contribution >= 4 is 0 Å². The number of hydrogen-bond acceptors (Lipinski definition) is 5. The van der Waals surface area contributed by atoms with Gasteiger partial charge in [-0.1, -0.05) is 22.9 Å². The zero-order valence-corrected chi connectivity index (χ0v) is 10.9. The summed E-state index contributed by atoms with van der Waals surface area (Å²) in [6.45, 7) is 3.77. The monoisotopic (exact) mass is 259 g/mol. The van der Waals surface area contributed by atoms with Crippen LogP contribution in [-0.4, -0.2) is 29.3 Å². The van der Waals surface area contributed by atoms with Gasteiger partial charge in [0.1, 0.15) is 11.9 Å². The predicted octanol–water partition coefficient (Wildman–Crippen LogP) is 1.51. The molecule has 0 amide bonds. The van der Waals surface area contributed by atoms with E-state index in [1.165, 1.54) is 17.5 Å². The molecule has 1 atom stereocenters. The molecule has 2 heterocycles. The molecular formula is C14H17N3O2. The Labute approximate surface area is 112 Å². The quantitative estimate of drug-likeness (QED) is 0.825. The van der Waals surface area contributed by atoms with Gasteiger partial charge in [-0.05, 0) is 18.6 Å². The molecule has 0 saturated heterocycles. The second kappa shape index (κ2) is 5.40. The lowest BCUT2D eigenvalue weighted by atomic mass is 10.1. The minimum Gasteiger partial charge on any atom is -0.488 e. The zero-order chi connectivity index (χ0) is 13.1. The smallest absolute Gasteiger partial charge is 0.213 e. The molecule has 1 N–H and O–H groups in total. The van der Waals surface area contributed by atoms with Crippen molar-refractivity contribution in [1.82, 2.24) is 15.5 Å². The number of nitrogens with one attached hydrogen (secondary N) is 1. The highest BCUT2D eigenvalue weighted by molar-refractivity contribution is 5.40. The summed E-state index contributed by atoms with van der Waals surface area (Å²) < 4.78 is 10.6.